The summed E-state index contributed by atoms with van der Waals surface area (Å²) in [5, 5.41) is 8.40. The smallest absolute Gasteiger partial charge is 0.255 e. The van der Waals surface area contributed by atoms with Crippen molar-refractivity contribution in [1.29, 1.82) is 0 Å². The van der Waals surface area contributed by atoms with E-state index in [4.69, 9.17) is 9.47 Å². The van der Waals surface area contributed by atoms with Gasteiger partial charge in [-0.25, -0.2) is 0 Å². The Labute approximate surface area is 197 Å². The van der Waals surface area contributed by atoms with Crippen LogP contribution in [-0.2, 0) is 9.53 Å². The molecule has 0 aromatic heterocycles. The monoisotopic (exact) mass is 459 g/mol. The summed E-state index contributed by atoms with van der Waals surface area (Å²) in [6.07, 6.45) is 1.11. The fourth-order valence-electron chi connectivity index (χ4n) is 3.60. The highest BCUT2D eigenvalue weighted by Gasteiger charge is 2.23. The van der Waals surface area contributed by atoms with Gasteiger partial charge < -0.3 is 25.4 Å². The predicted octanol–water partition coefficient (Wildman–Crippen LogP) is 4.32. The molecular formula is C26H25N3O5. The van der Waals surface area contributed by atoms with E-state index in [1.54, 1.807) is 66.7 Å². The molecule has 1 saturated heterocycles. The zero-order chi connectivity index (χ0) is 23.9. The van der Waals surface area contributed by atoms with Crippen LogP contribution in [0.3, 0.4) is 0 Å². The third-order valence-corrected chi connectivity index (χ3v) is 5.37. The molecule has 0 spiro atoms. The van der Waals surface area contributed by atoms with Gasteiger partial charge in [-0.2, -0.15) is 0 Å². The molecule has 1 aliphatic rings. The number of hydrogen-bond acceptors (Lipinski definition) is 5. The second kappa shape index (κ2) is 10.6. The van der Waals surface area contributed by atoms with E-state index in [0.29, 0.717) is 47.0 Å². The minimum absolute atomic E-state index is 0.211. The Morgan fingerprint density at radius 1 is 0.824 bits per heavy atom. The van der Waals surface area contributed by atoms with Crippen LogP contribution in [0.4, 0.5) is 17.1 Å². The van der Waals surface area contributed by atoms with Crippen LogP contribution in [0.5, 0.6) is 5.75 Å². The largest absolute Gasteiger partial charge is 0.495 e. The van der Waals surface area contributed by atoms with Crippen LogP contribution in [0.15, 0.2) is 72.8 Å². The molecule has 4 rings (SSSR count). The van der Waals surface area contributed by atoms with Gasteiger partial charge >= 0.3 is 0 Å². The van der Waals surface area contributed by atoms with Crippen LogP contribution in [-0.4, -0.2) is 37.5 Å². The highest BCUT2D eigenvalue weighted by molar-refractivity contribution is 6.07. The van der Waals surface area contributed by atoms with Crippen molar-refractivity contribution in [3.05, 3.63) is 83.9 Å². The third-order valence-electron chi connectivity index (χ3n) is 5.37. The minimum Gasteiger partial charge on any atom is -0.495 e. The molecule has 3 amide bonds. The standard InChI is InChI=1S/C26H25N3O5/c1-33-22-9-3-2-8-21(22)29-24(30)17-11-13-19(14-12-17)27-25(31)18-6-4-7-20(16-18)28-26(32)23-10-5-15-34-23/h2-4,6-9,11-14,16,23H,5,10,15H2,1H3,(H,27,31)(H,28,32)(H,29,30). The van der Waals surface area contributed by atoms with Gasteiger partial charge in [0, 0.05) is 29.1 Å². The van der Waals surface area contributed by atoms with Crippen molar-refractivity contribution in [2.75, 3.05) is 29.7 Å². The number of rotatable bonds is 7. The molecule has 0 bridgehead atoms. The molecule has 174 valence electrons. The summed E-state index contributed by atoms with van der Waals surface area (Å²) in [6, 6.07) is 20.4. The summed E-state index contributed by atoms with van der Waals surface area (Å²) in [6.45, 7) is 0.585. The molecule has 1 heterocycles. The maximum atomic E-state index is 12.7. The topological polar surface area (TPSA) is 106 Å². The first-order valence-corrected chi connectivity index (χ1v) is 10.9. The third kappa shape index (κ3) is 5.60. The average Bonchev–Trinajstić information content (AvgIpc) is 3.40. The van der Waals surface area contributed by atoms with Crippen LogP contribution < -0.4 is 20.7 Å². The molecule has 1 aliphatic heterocycles. The molecule has 34 heavy (non-hydrogen) atoms. The molecule has 1 unspecified atom stereocenters. The maximum absolute atomic E-state index is 12.7. The lowest BCUT2D eigenvalue weighted by Crippen LogP contribution is -2.27. The summed E-state index contributed by atoms with van der Waals surface area (Å²) in [5.74, 6) is -0.275. The summed E-state index contributed by atoms with van der Waals surface area (Å²) >= 11 is 0. The molecule has 1 atom stereocenters. The summed E-state index contributed by atoms with van der Waals surface area (Å²) in [4.78, 5) is 37.5. The molecule has 0 radical (unpaired) electrons. The van der Waals surface area contributed by atoms with E-state index in [-0.39, 0.29) is 17.7 Å². The zero-order valence-corrected chi connectivity index (χ0v) is 18.7. The molecule has 0 saturated carbocycles. The van der Waals surface area contributed by atoms with Gasteiger partial charge in [-0.1, -0.05) is 18.2 Å². The molecular weight excluding hydrogens is 434 g/mol. The van der Waals surface area contributed by atoms with Crippen molar-refractivity contribution in [1.82, 2.24) is 0 Å². The van der Waals surface area contributed by atoms with Gasteiger partial charge in [0.2, 0.25) is 0 Å². The zero-order valence-electron chi connectivity index (χ0n) is 18.7. The lowest BCUT2D eigenvalue weighted by molar-refractivity contribution is -0.124. The van der Waals surface area contributed by atoms with Crippen molar-refractivity contribution in [3.63, 3.8) is 0 Å². The predicted molar refractivity (Wildman–Crippen MR) is 129 cm³/mol. The first-order valence-electron chi connectivity index (χ1n) is 10.9. The SMILES string of the molecule is COc1ccccc1NC(=O)c1ccc(NC(=O)c2cccc(NC(=O)C3CCCO3)c2)cc1. The number of carbonyl (C=O) groups is 3. The normalized spacial score (nSPS) is 14.8. The van der Waals surface area contributed by atoms with E-state index in [9.17, 15) is 14.4 Å². The number of methoxy groups -OCH3 is 1. The lowest BCUT2D eigenvalue weighted by Gasteiger charge is -2.12. The van der Waals surface area contributed by atoms with Gasteiger partial charge in [0.25, 0.3) is 17.7 Å². The second-order valence-electron chi connectivity index (χ2n) is 7.76. The van der Waals surface area contributed by atoms with Gasteiger partial charge in [0.15, 0.2) is 0 Å². The lowest BCUT2D eigenvalue weighted by atomic mass is 10.1. The summed E-state index contributed by atoms with van der Waals surface area (Å²) < 4.78 is 10.6. The average molecular weight is 460 g/mol. The fourth-order valence-corrected chi connectivity index (χ4v) is 3.60. The van der Waals surface area contributed by atoms with Gasteiger partial charge in [0.05, 0.1) is 12.8 Å². The van der Waals surface area contributed by atoms with Crippen molar-refractivity contribution in [3.8, 4) is 5.75 Å². The van der Waals surface area contributed by atoms with Crippen LogP contribution in [0.1, 0.15) is 33.6 Å². The van der Waals surface area contributed by atoms with Gasteiger partial charge in [-0.15, -0.1) is 0 Å². The van der Waals surface area contributed by atoms with Crippen molar-refractivity contribution >= 4 is 34.8 Å². The highest BCUT2D eigenvalue weighted by Crippen LogP contribution is 2.24. The summed E-state index contributed by atoms with van der Waals surface area (Å²) in [7, 11) is 1.54. The molecule has 0 aliphatic carbocycles. The number of benzene rings is 3. The van der Waals surface area contributed by atoms with Gasteiger partial charge in [-0.05, 0) is 67.4 Å². The van der Waals surface area contributed by atoms with Gasteiger partial charge in [0.1, 0.15) is 11.9 Å². The van der Waals surface area contributed by atoms with E-state index in [1.165, 1.54) is 7.11 Å². The quantitative estimate of drug-likeness (QED) is 0.488. The maximum Gasteiger partial charge on any atom is 0.255 e. The molecule has 3 aromatic carbocycles. The van der Waals surface area contributed by atoms with Crippen LogP contribution in [0.25, 0.3) is 0 Å². The van der Waals surface area contributed by atoms with Crippen molar-refractivity contribution in [2.24, 2.45) is 0 Å². The number of anilines is 3. The Balaban J connectivity index is 1.37. The van der Waals surface area contributed by atoms with Crippen LogP contribution in [0, 0.1) is 0 Å². The number of para-hydroxylation sites is 2. The molecule has 3 aromatic rings. The van der Waals surface area contributed by atoms with E-state index in [2.05, 4.69) is 16.0 Å². The fraction of sp³-hybridized carbons (Fsp3) is 0.192. The Kier molecular flexibility index (Phi) is 7.19. The van der Waals surface area contributed by atoms with Gasteiger partial charge in [-0.3, -0.25) is 14.4 Å². The number of carbonyl (C=O) groups excluding carboxylic acids is 3. The number of ether oxygens (including phenoxy) is 2. The Morgan fingerprint density at radius 3 is 2.32 bits per heavy atom. The van der Waals surface area contributed by atoms with E-state index in [1.807, 2.05) is 6.07 Å². The molecule has 8 nitrogen and oxygen atoms in total. The number of hydrogen-bond donors (Lipinski definition) is 3. The van der Waals surface area contributed by atoms with Crippen LogP contribution in [0.2, 0.25) is 0 Å². The highest BCUT2D eigenvalue weighted by atomic mass is 16.5. The van der Waals surface area contributed by atoms with Crippen molar-refractivity contribution < 1.29 is 23.9 Å². The van der Waals surface area contributed by atoms with E-state index in [0.717, 1.165) is 6.42 Å². The molecule has 3 N–H and O–H groups in total. The van der Waals surface area contributed by atoms with E-state index < -0.39 is 6.10 Å². The Hall–Kier alpha value is -4.17. The molecule has 8 heteroatoms. The van der Waals surface area contributed by atoms with E-state index >= 15 is 0 Å². The Bertz CT molecular complexity index is 1190. The van der Waals surface area contributed by atoms with Crippen LogP contribution >= 0.6 is 0 Å². The second-order valence-corrected chi connectivity index (χ2v) is 7.76. The Morgan fingerprint density at radius 2 is 1.59 bits per heavy atom. The number of nitrogens with one attached hydrogen (secondary N) is 3. The minimum atomic E-state index is -0.448. The molecule has 1 fully saturated rings. The first kappa shape index (κ1) is 23.0. The number of amides is 3. The first-order chi connectivity index (χ1) is 16.5. The van der Waals surface area contributed by atoms with Crippen molar-refractivity contribution in [2.45, 2.75) is 18.9 Å². The summed E-state index contributed by atoms with van der Waals surface area (Å²) in [5.41, 5.74) is 2.45.